The summed E-state index contributed by atoms with van der Waals surface area (Å²) in [6.45, 7) is 6.67. The summed E-state index contributed by atoms with van der Waals surface area (Å²) in [5.74, 6) is -0.746. The van der Waals surface area contributed by atoms with Crippen molar-refractivity contribution in [2.45, 2.75) is 84.2 Å². The van der Waals surface area contributed by atoms with Crippen LogP contribution in [0.4, 0.5) is 0 Å². The van der Waals surface area contributed by atoms with Crippen molar-refractivity contribution in [2.24, 2.45) is 0 Å². The van der Waals surface area contributed by atoms with Gasteiger partial charge in [0.05, 0.1) is 12.8 Å². The highest BCUT2D eigenvalue weighted by Gasteiger charge is 2.24. The van der Waals surface area contributed by atoms with Gasteiger partial charge in [0.2, 0.25) is 5.78 Å². The molecule has 7 nitrogen and oxygen atoms in total. The van der Waals surface area contributed by atoms with Crippen LogP contribution in [0.1, 0.15) is 96.8 Å². The van der Waals surface area contributed by atoms with Gasteiger partial charge in [-0.3, -0.25) is 14.4 Å². The number of pyridine rings is 1. The van der Waals surface area contributed by atoms with Crippen LogP contribution < -0.4 is 5.32 Å². The Bertz CT molecular complexity index is 1320. The van der Waals surface area contributed by atoms with Crippen LogP contribution in [0, 0.1) is 0 Å². The van der Waals surface area contributed by atoms with Crippen LogP contribution >= 0.6 is 0 Å². The van der Waals surface area contributed by atoms with Crippen molar-refractivity contribution in [3.8, 4) is 0 Å². The molecular formula is C33H43N3O4. The van der Waals surface area contributed by atoms with E-state index >= 15 is 0 Å². The van der Waals surface area contributed by atoms with E-state index in [1.165, 1.54) is 49.7 Å². The van der Waals surface area contributed by atoms with E-state index in [0.717, 1.165) is 30.5 Å². The summed E-state index contributed by atoms with van der Waals surface area (Å²) in [4.78, 5) is 40.2. The van der Waals surface area contributed by atoms with Crippen LogP contribution in [0.3, 0.4) is 0 Å². The van der Waals surface area contributed by atoms with E-state index in [2.05, 4.69) is 17.4 Å². The van der Waals surface area contributed by atoms with Gasteiger partial charge in [-0.05, 0) is 81.8 Å². The lowest BCUT2D eigenvalue weighted by Crippen LogP contribution is -2.41. The van der Waals surface area contributed by atoms with Crippen LogP contribution in [0.25, 0.3) is 5.52 Å². The summed E-state index contributed by atoms with van der Waals surface area (Å²) in [6, 6.07) is 14.0. The van der Waals surface area contributed by atoms with Gasteiger partial charge in [-0.15, -0.1) is 0 Å². The largest absolute Gasteiger partial charge is 0.468 e. The third kappa shape index (κ3) is 7.00. The standard InChI is InChI=1S/C33H43N3O4/c1-5-25-20-29-21-27(33(39)36(23(2)3)22-30(37)40-4)17-19-35(29)31(25)32(38)26-15-13-24(14-16-26)10-9-18-34-28-11-7-6-8-12-28/h13-17,19-21,23,28,34H,5-12,18,22H2,1-4H3. The molecule has 7 heteroatoms. The first-order valence-corrected chi connectivity index (χ1v) is 14.7. The highest BCUT2D eigenvalue weighted by atomic mass is 16.5. The van der Waals surface area contributed by atoms with E-state index in [-0.39, 0.29) is 24.3 Å². The highest BCUT2D eigenvalue weighted by Crippen LogP contribution is 2.23. The van der Waals surface area contributed by atoms with Crippen LogP contribution in [-0.4, -0.2) is 59.2 Å². The van der Waals surface area contributed by atoms with Gasteiger partial charge in [-0.2, -0.15) is 0 Å². The fraction of sp³-hybridized carbons (Fsp3) is 0.485. The monoisotopic (exact) mass is 545 g/mol. The fourth-order valence-electron chi connectivity index (χ4n) is 5.62. The molecule has 40 heavy (non-hydrogen) atoms. The smallest absolute Gasteiger partial charge is 0.325 e. The summed E-state index contributed by atoms with van der Waals surface area (Å²) < 4.78 is 6.63. The number of carbonyl (C=O) groups excluding carboxylic acids is 3. The molecule has 2 aromatic heterocycles. The number of benzene rings is 1. The van der Waals surface area contributed by atoms with Crippen molar-refractivity contribution in [3.05, 3.63) is 76.6 Å². The van der Waals surface area contributed by atoms with Crippen molar-refractivity contribution >= 4 is 23.2 Å². The molecular weight excluding hydrogens is 502 g/mol. The number of ether oxygens (including phenoxy) is 1. The second kappa shape index (κ2) is 13.8. The summed E-state index contributed by atoms with van der Waals surface area (Å²) in [5.41, 5.74) is 4.69. The number of hydrogen-bond donors (Lipinski definition) is 1. The molecule has 0 spiro atoms. The Morgan fingerprint density at radius 2 is 1.75 bits per heavy atom. The number of aryl methyl sites for hydroxylation is 2. The number of methoxy groups -OCH3 is 1. The van der Waals surface area contributed by atoms with E-state index in [1.807, 2.05) is 43.4 Å². The van der Waals surface area contributed by atoms with Gasteiger partial charge in [-0.25, -0.2) is 0 Å². The van der Waals surface area contributed by atoms with Crippen LogP contribution in [-0.2, 0) is 22.4 Å². The molecule has 1 aliphatic rings. The topological polar surface area (TPSA) is 80.1 Å². The number of hydrogen-bond acceptors (Lipinski definition) is 5. The lowest BCUT2D eigenvalue weighted by Gasteiger charge is -2.25. The molecule has 2 heterocycles. The maximum absolute atomic E-state index is 13.7. The van der Waals surface area contributed by atoms with Gasteiger partial charge in [0.1, 0.15) is 6.54 Å². The van der Waals surface area contributed by atoms with E-state index < -0.39 is 5.97 Å². The molecule has 0 bridgehead atoms. The molecule has 1 aliphatic carbocycles. The average Bonchev–Trinajstić information content (AvgIpc) is 3.36. The predicted octanol–water partition coefficient (Wildman–Crippen LogP) is 5.61. The van der Waals surface area contributed by atoms with Gasteiger partial charge in [0, 0.05) is 34.9 Å². The van der Waals surface area contributed by atoms with Crippen LogP contribution in [0.5, 0.6) is 0 Å². The van der Waals surface area contributed by atoms with Gasteiger partial charge in [0.25, 0.3) is 5.91 Å². The first-order chi connectivity index (χ1) is 19.3. The average molecular weight is 546 g/mol. The number of ketones is 1. The third-order valence-corrected chi connectivity index (χ3v) is 8.00. The number of nitrogens with one attached hydrogen (secondary N) is 1. The van der Waals surface area contributed by atoms with Crippen molar-refractivity contribution in [1.82, 2.24) is 14.6 Å². The Morgan fingerprint density at radius 1 is 1.02 bits per heavy atom. The van der Waals surface area contributed by atoms with Crippen molar-refractivity contribution < 1.29 is 19.1 Å². The molecule has 3 aromatic rings. The molecule has 1 saturated carbocycles. The SMILES string of the molecule is CCc1cc2cc(C(=O)N(CC(=O)OC)C(C)C)ccn2c1C(=O)c1ccc(CCCNC2CCCCC2)cc1. The number of amides is 1. The van der Waals surface area contributed by atoms with E-state index in [9.17, 15) is 14.4 Å². The Kier molecular flexibility index (Phi) is 10.2. The minimum atomic E-state index is -0.464. The minimum Gasteiger partial charge on any atom is -0.468 e. The number of fused-ring (bicyclic) bond motifs is 1. The third-order valence-electron chi connectivity index (χ3n) is 8.00. The number of carbonyl (C=O) groups is 3. The Labute approximate surface area is 237 Å². The van der Waals surface area contributed by atoms with Crippen molar-refractivity contribution in [2.75, 3.05) is 20.2 Å². The lowest BCUT2D eigenvalue weighted by atomic mass is 9.95. The molecule has 1 fully saturated rings. The predicted molar refractivity (Wildman–Crippen MR) is 158 cm³/mol. The zero-order valence-electron chi connectivity index (χ0n) is 24.4. The number of nitrogens with zero attached hydrogens (tertiary/aromatic N) is 2. The first-order valence-electron chi connectivity index (χ1n) is 14.7. The van der Waals surface area contributed by atoms with Crippen LogP contribution in [0.15, 0.2) is 48.7 Å². The van der Waals surface area contributed by atoms with Crippen molar-refractivity contribution in [3.63, 3.8) is 0 Å². The molecule has 1 aromatic carbocycles. The van der Waals surface area contributed by atoms with Crippen molar-refractivity contribution in [1.29, 1.82) is 0 Å². The maximum atomic E-state index is 13.7. The molecule has 0 atom stereocenters. The Balaban J connectivity index is 1.47. The zero-order valence-corrected chi connectivity index (χ0v) is 24.4. The number of esters is 1. The second-order valence-electron chi connectivity index (χ2n) is 11.1. The molecule has 1 amide bonds. The molecule has 4 rings (SSSR count). The number of rotatable bonds is 12. The van der Waals surface area contributed by atoms with Gasteiger partial charge in [-0.1, -0.05) is 50.5 Å². The zero-order chi connectivity index (χ0) is 28.6. The summed E-state index contributed by atoms with van der Waals surface area (Å²) >= 11 is 0. The van der Waals surface area contributed by atoms with Crippen LogP contribution in [0.2, 0.25) is 0 Å². The molecule has 0 unspecified atom stereocenters. The van der Waals surface area contributed by atoms with E-state index in [4.69, 9.17) is 4.74 Å². The fourth-order valence-corrected chi connectivity index (χ4v) is 5.62. The second-order valence-corrected chi connectivity index (χ2v) is 11.1. The number of aromatic nitrogens is 1. The molecule has 0 aliphatic heterocycles. The quantitative estimate of drug-likeness (QED) is 0.182. The Hall–Kier alpha value is -3.45. The van der Waals surface area contributed by atoms with Gasteiger partial charge in [0.15, 0.2) is 0 Å². The highest BCUT2D eigenvalue weighted by molar-refractivity contribution is 6.10. The minimum absolute atomic E-state index is 0.0315. The van der Waals surface area contributed by atoms with Gasteiger partial charge < -0.3 is 19.4 Å². The van der Waals surface area contributed by atoms with E-state index in [0.29, 0.717) is 29.3 Å². The Morgan fingerprint density at radius 3 is 2.40 bits per heavy atom. The summed E-state index contributed by atoms with van der Waals surface area (Å²) in [7, 11) is 1.31. The van der Waals surface area contributed by atoms with Gasteiger partial charge >= 0.3 is 5.97 Å². The summed E-state index contributed by atoms with van der Waals surface area (Å²) in [5, 5.41) is 3.70. The molecule has 0 radical (unpaired) electrons. The van der Waals surface area contributed by atoms with E-state index in [1.54, 1.807) is 18.3 Å². The summed E-state index contributed by atoms with van der Waals surface area (Å²) in [6.07, 6.45) is 11.2. The lowest BCUT2D eigenvalue weighted by molar-refractivity contribution is -0.141. The maximum Gasteiger partial charge on any atom is 0.325 e. The molecule has 0 saturated heterocycles. The molecule has 214 valence electrons. The first kappa shape index (κ1) is 29.5. The normalized spacial score (nSPS) is 14.0. The molecule has 1 N–H and O–H groups in total.